The van der Waals surface area contributed by atoms with Crippen LogP contribution in [0.15, 0.2) is 18.2 Å². The molecule has 0 saturated carbocycles. The van der Waals surface area contributed by atoms with E-state index in [0.717, 1.165) is 0 Å². The zero-order valence-corrected chi connectivity index (χ0v) is 16.0. The molecule has 4 nitrogen and oxygen atoms in total. The van der Waals surface area contributed by atoms with Crippen molar-refractivity contribution in [1.29, 1.82) is 0 Å². The lowest BCUT2D eigenvalue weighted by Crippen LogP contribution is -2.53. The number of halogens is 6. The Morgan fingerprint density at radius 2 is 1.48 bits per heavy atom. The number of Topliss-reactive ketones (excluding diaryl/α,β-unsaturated/α-hetero) is 1. The van der Waals surface area contributed by atoms with E-state index in [4.69, 9.17) is 5.73 Å². The maximum atomic E-state index is 12.9. The van der Waals surface area contributed by atoms with Crippen LogP contribution in [0.3, 0.4) is 0 Å². The van der Waals surface area contributed by atoms with Gasteiger partial charge in [-0.05, 0) is 37.6 Å². The van der Waals surface area contributed by atoms with Crippen molar-refractivity contribution in [2.24, 2.45) is 11.7 Å². The van der Waals surface area contributed by atoms with Crippen molar-refractivity contribution < 1.29 is 35.9 Å². The normalized spacial score (nSPS) is 16.0. The first-order valence-electron chi connectivity index (χ1n) is 8.91. The number of nitrogens with two attached hydrogens (primary N) is 1. The molecule has 0 bridgehead atoms. The molecule has 1 aromatic carbocycles. The van der Waals surface area contributed by atoms with Crippen LogP contribution in [0.5, 0.6) is 0 Å². The first-order chi connectivity index (χ1) is 13.0. The Labute approximate surface area is 164 Å². The lowest BCUT2D eigenvalue weighted by Gasteiger charge is -2.40. The molecule has 29 heavy (non-hydrogen) atoms. The molecule has 0 unspecified atom stereocenters. The minimum Gasteiger partial charge on any atom is -0.342 e. The van der Waals surface area contributed by atoms with E-state index in [1.165, 1.54) is 4.90 Å². The Morgan fingerprint density at radius 1 is 1.00 bits per heavy atom. The highest BCUT2D eigenvalue weighted by Crippen LogP contribution is 2.36. The fraction of sp³-hybridized carbons (Fsp3) is 0.579. The van der Waals surface area contributed by atoms with Gasteiger partial charge in [-0.25, -0.2) is 0 Å². The van der Waals surface area contributed by atoms with E-state index in [-0.39, 0.29) is 36.3 Å². The number of likely N-dealkylation sites (tertiary alicyclic amines) is 1. The number of ketones is 1. The minimum absolute atomic E-state index is 0.0204. The first kappa shape index (κ1) is 23.2. The van der Waals surface area contributed by atoms with Gasteiger partial charge in [-0.3, -0.25) is 9.59 Å². The molecule has 2 rings (SSSR count). The molecule has 0 spiro atoms. The lowest BCUT2D eigenvalue weighted by molar-refractivity contribution is -0.143. The van der Waals surface area contributed by atoms with Gasteiger partial charge >= 0.3 is 12.4 Å². The van der Waals surface area contributed by atoms with Crippen LogP contribution < -0.4 is 5.73 Å². The molecule has 0 aromatic heterocycles. The number of benzene rings is 1. The monoisotopic (exact) mass is 424 g/mol. The van der Waals surface area contributed by atoms with Crippen molar-refractivity contribution in [2.75, 3.05) is 13.1 Å². The average Bonchev–Trinajstić information content (AvgIpc) is 2.46. The van der Waals surface area contributed by atoms with E-state index in [0.29, 0.717) is 25.2 Å². The molecule has 1 amide bonds. The van der Waals surface area contributed by atoms with E-state index in [9.17, 15) is 35.9 Å². The van der Waals surface area contributed by atoms with E-state index < -0.39 is 41.2 Å². The molecule has 1 aliphatic heterocycles. The van der Waals surface area contributed by atoms with Crippen LogP contribution >= 0.6 is 0 Å². The van der Waals surface area contributed by atoms with Crippen molar-refractivity contribution in [1.82, 2.24) is 4.90 Å². The Balaban J connectivity index is 1.99. The number of alkyl halides is 6. The summed E-state index contributed by atoms with van der Waals surface area (Å²) in [7, 11) is 0. The summed E-state index contributed by atoms with van der Waals surface area (Å²) in [4.78, 5) is 25.7. The molecule has 1 aliphatic rings. The predicted octanol–water partition coefficient (Wildman–Crippen LogP) is 3.81. The molecule has 2 N–H and O–H groups in total. The van der Waals surface area contributed by atoms with Crippen LogP contribution in [-0.2, 0) is 28.4 Å². The highest BCUT2D eigenvalue weighted by Gasteiger charge is 2.37. The summed E-state index contributed by atoms with van der Waals surface area (Å²) in [6.07, 6.45) is -10.3. The molecule has 10 heteroatoms. The van der Waals surface area contributed by atoms with Gasteiger partial charge in [0.05, 0.1) is 11.1 Å². The third-order valence-electron chi connectivity index (χ3n) is 4.48. The molecule has 0 aliphatic carbocycles. The van der Waals surface area contributed by atoms with Gasteiger partial charge in [0.1, 0.15) is 5.78 Å². The number of rotatable bonds is 6. The van der Waals surface area contributed by atoms with Crippen LogP contribution in [0.4, 0.5) is 26.3 Å². The van der Waals surface area contributed by atoms with Crippen LogP contribution in [-0.4, -0.2) is 35.2 Å². The van der Waals surface area contributed by atoms with Crippen molar-refractivity contribution in [3.63, 3.8) is 0 Å². The standard InChI is InChI=1S/C19H22F6N2O2/c1-17(2,26)8-16(29)27-9-12(10-27)6-15(28)5-11-3-13(18(20,21)22)7-14(4-11)19(23,24)25/h3-4,7,12H,5-6,8-10,26H2,1-2H3. The van der Waals surface area contributed by atoms with Crippen LogP contribution in [0.2, 0.25) is 0 Å². The maximum Gasteiger partial charge on any atom is 0.416 e. The van der Waals surface area contributed by atoms with Gasteiger partial charge in [0.15, 0.2) is 0 Å². The Kier molecular flexibility index (Phi) is 6.37. The molecule has 0 radical (unpaired) electrons. The Morgan fingerprint density at radius 3 is 1.90 bits per heavy atom. The van der Waals surface area contributed by atoms with Gasteiger partial charge in [-0.2, -0.15) is 26.3 Å². The summed E-state index contributed by atoms with van der Waals surface area (Å²) >= 11 is 0. The molecular formula is C19H22F6N2O2. The van der Waals surface area contributed by atoms with Gasteiger partial charge in [-0.15, -0.1) is 0 Å². The smallest absolute Gasteiger partial charge is 0.342 e. The zero-order chi connectivity index (χ0) is 22.2. The summed E-state index contributed by atoms with van der Waals surface area (Å²) in [5.41, 5.74) is 1.88. The summed E-state index contributed by atoms with van der Waals surface area (Å²) in [6.45, 7) is 4.04. The number of carbonyl (C=O) groups is 2. The van der Waals surface area contributed by atoms with Crippen molar-refractivity contribution >= 4 is 11.7 Å². The van der Waals surface area contributed by atoms with Gasteiger partial charge in [-0.1, -0.05) is 0 Å². The van der Waals surface area contributed by atoms with E-state index in [1.807, 2.05) is 0 Å². The van der Waals surface area contributed by atoms with Crippen molar-refractivity contribution in [2.45, 2.75) is 51.0 Å². The third kappa shape index (κ3) is 6.73. The fourth-order valence-corrected chi connectivity index (χ4v) is 3.15. The van der Waals surface area contributed by atoms with Crippen molar-refractivity contribution in [3.8, 4) is 0 Å². The van der Waals surface area contributed by atoms with Crippen molar-refractivity contribution in [3.05, 3.63) is 34.9 Å². The fourth-order valence-electron chi connectivity index (χ4n) is 3.15. The number of carbonyl (C=O) groups excluding carboxylic acids is 2. The highest BCUT2D eigenvalue weighted by molar-refractivity contribution is 5.82. The first-order valence-corrected chi connectivity index (χ1v) is 8.91. The maximum absolute atomic E-state index is 12.9. The summed E-state index contributed by atoms with van der Waals surface area (Å²) in [5.74, 6) is -0.803. The molecular weight excluding hydrogens is 402 g/mol. The second-order valence-electron chi connectivity index (χ2n) is 8.16. The molecule has 0 atom stereocenters. The molecule has 1 heterocycles. The van der Waals surface area contributed by atoms with Crippen LogP contribution in [0, 0.1) is 5.92 Å². The Hall–Kier alpha value is -2.10. The summed E-state index contributed by atoms with van der Waals surface area (Å²) in [6, 6.07) is 1.16. The van der Waals surface area contributed by atoms with E-state index >= 15 is 0 Å². The third-order valence-corrected chi connectivity index (χ3v) is 4.48. The second kappa shape index (κ2) is 7.97. The van der Waals surface area contributed by atoms with Crippen LogP contribution in [0.1, 0.15) is 43.4 Å². The summed E-state index contributed by atoms with van der Waals surface area (Å²) in [5, 5.41) is 0. The Bertz CT molecular complexity index is 742. The predicted molar refractivity (Wildman–Crippen MR) is 92.7 cm³/mol. The largest absolute Gasteiger partial charge is 0.416 e. The van der Waals surface area contributed by atoms with Gasteiger partial charge in [0.25, 0.3) is 0 Å². The minimum atomic E-state index is -4.95. The van der Waals surface area contributed by atoms with Gasteiger partial charge in [0, 0.05) is 43.8 Å². The van der Waals surface area contributed by atoms with Crippen LogP contribution in [0.25, 0.3) is 0 Å². The molecule has 1 fully saturated rings. The lowest BCUT2D eigenvalue weighted by atomic mass is 9.90. The highest BCUT2D eigenvalue weighted by atomic mass is 19.4. The summed E-state index contributed by atoms with van der Waals surface area (Å²) < 4.78 is 77.3. The topological polar surface area (TPSA) is 63.4 Å². The zero-order valence-electron chi connectivity index (χ0n) is 16.0. The number of nitrogens with zero attached hydrogens (tertiary/aromatic N) is 1. The van der Waals surface area contributed by atoms with Gasteiger partial charge < -0.3 is 10.6 Å². The number of hydrogen-bond acceptors (Lipinski definition) is 3. The van der Waals surface area contributed by atoms with E-state index in [1.54, 1.807) is 13.8 Å². The quantitative estimate of drug-likeness (QED) is 0.707. The molecule has 1 saturated heterocycles. The number of hydrogen-bond donors (Lipinski definition) is 1. The van der Waals surface area contributed by atoms with Gasteiger partial charge in [0.2, 0.25) is 5.91 Å². The second-order valence-corrected chi connectivity index (χ2v) is 8.16. The molecule has 162 valence electrons. The average molecular weight is 424 g/mol. The SMILES string of the molecule is CC(C)(N)CC(=O)N1CC(CC(=O)Cc2cc(C(F)(F)F)cc(C(F)(F)F)c2)C1. The molecule has 1 aromatic rings. The number of amides is 1. The van der Waals surface area contributed by atoms with E-state index in [2.05, 4.69) is 0 Å².